The van der Waals surface area contributed by atoms with Crippen LogP contribution in [0, 0.1) is 6.92 Å². The molecule has 0 saturated carbocycles. The number of nitrogens with one attached hydrogen (secondary N) is 1. The summed E-state index contributed by atoms with van der Waals surface area (Å²) in [6, 6.07) is 15.7. The Labute approximate surface area is 136 Å². The van der Waals surface area contributed by atoms with E-state index in [0.717, 1.165) is 11.1 Å². The molecule has 0 aliphatic carbocycles. The van der Waals surface area contributed by atoms with Crippen LogP contribution < -0.4 is 11.1 Å². The molecule has 116 valence electrons. The van der Waals surface area contributed by atoms with Crippen molar-refractivity contribution in [2.45, 2.75) is 30.8 Å². The fraction of sp³-hybridized carbons (Fsp3) is 0.278. The van der Waals surface area contributed by atoms with Gasteiger partial charge in [-0.25, -0.2) is 0 Å². The summed E-state index contributed by atoms with van der Waals surface area (Å²) in [5.41, 5.74) is 9.43. The predicted molar refractivity (Wildman–Crippen MR) is 92.8 cm³/mol. The van der Waals surface area contributed by atoms with Gasteiger partial charge in [-0.15, -0.1) is 11.8 Å². The molecule has 2 aromatic carbocycles. The zero-order valence-corrected chi connectivity index (χ0v) is 13.8. The third kappa shape index (κ3) is 4.61. The average Bonchev–Trinajstić information content (AvgIpc) is 2.54. The zero-order valence-electron chi connectivity index (χ0n) is 13.0. The normalized spacial score (nSPS) is 12.0. The first kappa shape index (κ1) is 16.6. The SMILES string of the molecule is CSc1cc(C)ccc1CNC(=O)CC(N)c1ccccc1. The summed E-state index contributed by atoms with van der Waals surface area (Å²) < 4.78 is 0. The maximum absolute atomic E-state index is 12.1. The number of hydrogen-bond acceptors (Lipinski definition) is 3. The van der Waals surface area contributed by atoms with E-state index in [1.807, 2.05) is 36.6 Å². The Bertz CT molecular complexity index is 628. The molecule has 0 aliphatic heterocycles. The second-order valence-corrected chi connectivity index (χ2v) is 6.16. The Hall–Kier alpha value is -1.78. The molecular formula is C18H22N2OS. The Balaban J connectivity index is 1.90. The summed E-state index contributed by atoms with van der Waals surface area (Å²) in [5, 5.41) is 2.96. The fourth-order valence-corrected chi connectivity index (χ4v) is 2.99. The third-order valence-corrected chi connectivity index (χ3v) is 4.37. The van der Waals surface area contributed by atoms with Crippen LogP contribution in [0.3, 0.4) is 0 Å². The number of carbonyl (C=O) groups excluding carboxylic acids is 1. The van der Waals surface area contributed by atoms with Gasteiger partial charge in [0.15, 0.2) is 0 Å². The van der Waals surface area contributed by atoms with Crippen LogP contribution in [0.2, 0.25) is 0 Å². The molecule has 0 spiro atoms. The molecule has 0 fully saturated rings. The van der Waals surface area contributed by atoms with Gasteiger partial charge in [-0.1, -0.05) is 42.5 Å². The van der Waals surface area contributed by atoms with Gasteiger partial charge in [0.2, 0.25) is 5.91 Å². The minimum Gasteiger partial charge on any atom is -0.352 e. The molecule has 3 nitrogen and oxygen atoms in total. The van der Waals surface area contributed by atoms with Gasteiger partial charge < -0.3 is 11.1 Å². The molecule has 1 unspecified atom stereocenters. The minimum atomic E-state index is -0.265. The quantitative estimate of drug-likeness (QED) is 0.803. The first-order chi connectivity index (χ1) is 10.6. The lowest BCUT2D eigenvalue weighted by atomic mass is 10.0. The third-order valence-electron chi connectivity index (χ3n) is 3.55. The largest absolute Gasteiger partial charge is 0.352 e. The van der Waals surface area contributed by atoms with Crippen molar-refractivity contribution in [1.29, 1.82) is 0 Å². The van der Waals surface area contributed by atoms with Crippen LogP contribution in [-0.4, -0.2) is 12.2 Å². The smallest absolute Gasteiger partial charge is 0.222 e. The average molecular weight is 314 g/mol. The van der Waals surface area contributed by atoms with E-state index in [9.17, 15) is 4.79 Å². The molecule has 2 rings (SSSR count). The van der Waals surface area contributed by atoms with Crippen molar-refractivity contribution >= 4 is 17.7 Å². The first-order valence-electron chi connectivity index (χ1n) is 7.31. The summed E-state index contributed by atoms with van der Waals surface area (Å²) in [4.78, 5) is 13.3. The highest BCUT2D eigenvalue weighted by Crippen LogP contribution is 2.22. The summed E-state index contributed by atoms with van der Waals surface area (Å²) >= 11 is 1.70. The van der Waals surface area contributed by atoms with E-state index in [-0.39, 0.29) is 11.9 Å². The highest BCUT2D eigenvalue weighted by atomic mass is 32.2. The molecule has 0 saturated heterocycles. The van der Waals surface area contributed by atoms with Gasteiger partial charge in [0.1, 0.15) is 0 Å². The van der Waals surface area contributed by atoms with Crippen LogP contribution in [0.4, 0.5) is 0 Å². The predicted octanol–water partition coefficient (Wildman–Crippen LogP) is 3.42. The van der Waals surface area contributed by atoms with Crippen molar-refractivity contribution in [1.82, 2.24) is 5.32 Å². The lowest BCUT2D eigenvalue weighted by Gasteiger charge is -2.13. The second kappa shape index (κ2) is 8.01. The molecule has 22 heavy (non-hydrogen) atoms. The van der Waals surface area contributed by atoms with Gasteiger partial charge in [0, 0.05) is 23.9 Å². The zero-order chi connectivity index (χ0) is 15.9. The molecule has 2 aromatic rings. The molecule has 1 amide bonds. The van der Waals surface area contributed by atoms with Crippen molar-refractivity contribution in [2.75, 3.05) is 6.26 Å². The molecular weight excluding hydrogens is 292 g/mol. The van der Waals surface area contributed by atoms with Crippen LogP contribution in [0.25, 0.3) is 0 Å². The van der Waals surface area contributed by atoms with Crippen LogP contribution >= 0.6 is 11.8 Å². The standard InChI is InChI=1S/C18H22N2OS/c1-13-8-9-15(17(10-13)22-2)12-20-18(21)11-16(19)14-6-4-3-5-7-14/h3-10,16H,11-12,19H2,1-2H3,(H,20,21). The number of nitrogens with two attached hydrogens (primary N) is 1. The van der Waals surface area contributed by atoms with Crippen LogP contribution in [0.5, 0.6) is 0 Å². The molecule has 0 radical (unpaired) electrons. The van der Waals surface area contributed by atoms with E-state index in [0.29, 0.717) is 13.0 Å². The first-order valence-corrected chi connectivity index (χ1v) is 8.53. The summed E-state index contributed by atoms with van der Waals surface area (Å²) in [6.45, 7) is 2.61. The maximum Gasteiger partial charge on any atom is 0.222 e. The number of thioether (sulfide) groups is 1. The van der Waals surface area contributed by atoms with E-state index < -0.39 is 0 Å². The van der Waals surface area contributed by atoms with Crippen molar-refractivity contribution in [3.05, 3.63) is 65.2 Å². The highest BCUT2D eigenvalue weighted by molar-refractivity contribution is 7.98. The molecule has 4 heteroatoms. The monoisotopic (exact) mass is 314 g/mol. The van der Waals surface area contributed by atoms with Crippen molar-refractivity contribution in [2.24, 2.45) is 5.73 Å². The molecule has 0 bridgehead atoms. The Kier molecular flexibility index (Phi) is 6.04. The molecule has 0 aliphatic rings. The second-order valence-electron chi connectivity index (χ2n) is 5.31. The van der Waals surface area contributed by atoms with Gasteiger partial charge in [-0.05, 0) is 35.9 Å². The van der Waals surface area contributed by atoms with Crippen LogP contribution in [0.1, 0.15) is 29.2 Å². The lowest BCUT2D eigenvalue weighted by molar-refractivity contribution is -0.121. The lowest BCUT2D eigenvalue weighted by Crippen LogP contribution is -2.27. The van der Waals surface area contributed by atoms with Gasteiger partial charge in [0.05, 0.1) is 0 Å². The number of rotatable bonds is 6. The van der Waals surface area contributed by atoms with E-state index in [2.05, 4.69) is 30.4 Å². The molecule has 1 atom stereocenters. The van der Waals surface area contributed by atoms with E-state index in [1.54, 1.807) is 11.8 Å². The van der Waals surface area contributed by atoms with Gasteiger partial charge in [-0.3, -0.25) is 4.79 Å². The summed E-state index contributed by atoms with van der Waals surface area (Å²) in [7, 11) is 0. The van der Waals surface area contributed by atoms with Crippen LogP contribution in [0.15, 0.2) is 53.4 Å². The topological polar surface area (TPSA) is 55.1 Å². The number of carbonyl (C=O) groups is 1. The van der Waals surface area contributed by atoms with Gasteiger partial charge in [-0.2, -0.15) is 0 Å². The number of benzene rings is 2. The summed E-state index contributed by atoms with van der Waals surface area (Å²) in [6.07, 6.45) is 2.34. The van der Waals surface area contributed by atoms with Gasteiger partial charge in [0.25, 0.3) is 0 Å². The Morgan fingerprint density at radius 3 is 2.64 bits per heavy atom. The number of hydrogen-bond donors (Lipinski definition) is 2. The van der Waals surface area contributed by atoms with Gasteiger partial charge >= 0.3 is 0 Å². The van der Waals surface area contributed by atoms with Crippen molar-refractivity contribution < 1.29 is 4.79 Å². The molecule has 0 aromatic heterocycles. The highest BCUT2D eigenvalue weighted by Gasteiger charge is 2.11. The number of amides is 1. The molecule has 3 N–H and O–H groups in total. The molecule has 0 heterocycles. The maximum atomic E-state index is 12.1. The van der Waals surface area contributed by atoms with E-state index >= 15 is 0 Å². The van der Waals surface area contributed by atoms with Crippen molar-refractivity contribution in [3.8, 4) is 0 Å². The minimum absolute atomic E-state index is 0.0241. The Morgan fingerprint density at radius 2 is 1.95 bits per heavy atom. The number of aryl methyl sites for hydroxylation is 1. The fourth-order valence-electron chi connectivity index (χ4n) is 2.28. The van der Waals surface area contributed by atoms with E-state index in [4.69, 9.17) is 5.73 Å². The van der Waals surface area contributed by atoms with Crippen LogP contribution in [-0.2, 0) is 11.3 Å². The van der Waals surface area contributed by atoms with E-state index in [1.165, 1.54) is 10.5 Å². The Morgan fingerprint density at radius 1 is 1.23 bits per heavy atom. The summed E-state index contributed by atoms with van der Waals surface area (Å²) in [5.74, 6) is -0.0241. The van der Waals surface area contributed by atoms with Crippen molar-refractivity contribution in [3.63, 3.8) is 0 Å².